The Morgan fingerprint density at radius 2 is 2.15 bits per heavy atom. The monoisotopic (exact) mass is 284 g/mol. The number of carbonyl (C=O) groups excluding carboxylic acids is 2. The number of hydrogen-bond donors (Lipinski definition) is 0. The van der Waals surface area contributed by atoms with Gasteiger partial charge >= 0.3 is 0 Å². The Balaban J connectivity index is 1.94. The molecule has 0 aromatic carbocycles. The molecular formula is C14H24N2O4. The van der Waals surface area contributed by atoms with Crippen LogP contribution in [0.3, 0.4) is 0 Å². The number of hydrogen-bond acceptors (Lipinski definition) is 4. The lowest BCUT2D eigenvalue weighted by molar-refractivity contribution is -0.143. The zero-order valence-electron chi connectivity index (χ0n) is 12.3. The van der Waals surface area contributed by atoms with Gasteiger partial charge < -0.3 is 19.3 Å². The van der Waals surface area contributed by atoms with Crippen LogP contribution in [0, 0.1) is 0 Å². The maximum absolute atomic E-state index is 12.4. The molecule has 0 aromatic rings. The Bertz CT molecular complexity index is 361. The average molecular weight is 284 g/mol. The van der Waals surface area contributed by atoms with E-state index in [0.717, 1.165) is 19.3 Å². The Morgan fingerprint density at radius 1 is 1.35 bits per heavy atom. The molecule has 6 heteroatoms. The van der Waals surface area contributed by atoms with Crippen molar-refractivity contribution in [2.45, 2.75) is 37.8 Å². The first kappa shape index (κ1) is 15.3. The average Bonchev–Trinajstić information content (AvgIpc) is 2.85. The Kier molecular flexibility index (Phi) is 5.37. The highest BCUT2D eigenvalue weighted by atomic mass is 16.5. The van der Waals surface area contributed by atoms with Gasteiger partial charge in [0.05, 0.1) is 25.3 Å². The van der Waals surface area contributed by atoms with E-state index < -0.39 is 0 Å². The molecule has 0 unspecified atom stereocenters. The molecule has 0 N–H and O–H groups in total. The Morgan fingerprint density at radius 3 is 2.80 bits per heavy atom. The summed E-state index contributed by atoms with van der Waals surface area (Å²) >= 11 is 0. The van der Waals surface area contributed by atoms with Crippen molar-refractivity contribution in [1.82, 2.24) is 9.80 Å². The van der Waals surface area contributed by atoms with E-state index in [-0.39, 0.29) is 30.5 Å². The van der Waals surface area contributed by atoms with Crippen molar-refractivity contribution < 1.29 is 19.1 Å². The summed E-state index contributed by atoms with van der Waals surface area (Å²) in [6, 6.07) is 0.0531. The van der Waals surface area contributed by atoms with E-state index in [1.807, 2.05) is 0 Å². The van der Waals surface area contributed by atoms with Crippen molar-refractivity contribution in [3.63, 3.8) is 0 Å². The van der Waals surface area contributed by atoms with Gasteiger partial charge in [-0.3, -0.25) is 9.59 Å². The van der Waals surface area contributed by atoms with Gasteiger partial charge in [-0.05, 0) is 19.3 Å². The van der Waals surface area contributed by atoms with Crippen LogP contribution in [0.4, 0.5) is 0 Å². The SMILES string of the molecule is COC[C@@H]1C[C@H](OC)CN1C(=O)CN1CCCCC1=O. The Hall–Kier alpha value is -1.14. The fourth-order valence-corrected chi connectivity index (χ4v) is 2.98. The fourth-order valence-electron chi connectivity index (χ4n) is 2.98. The normalized spacial score (nSPS) is 27.2. The maximum atomic E-state index is 12.4. The van der Waals surface area contributed by atoms with Gasteiger partial charge in [0.1, 0.15) is 0 Å². The van der Waals surface area contributed by atoms with E-state index in [1.54, 1.807) is 24.0 Å². The summed E-state index contributed by atoms with van der Waals surface area (Å²) < 4.78 is 10.5. The molecule has 2 amide bonds. The van der Waals surface area contributed by atoms with Gasteiger partial charge in [0.15, 0.2) is 0 Å². The topological polar surface area (TPSA) is 59.1 Å². The number of amides is 2. The van der Waals surface area contributed by atoms with Crippen molar-refractivity contribution in [3.05, 3.63) is 0 Å². The molecule has 2 heterocycles. The number of methoxy groups -OCH3 is 2. The van der Waals surface area contributed by atoms with Crippen molar-refractivity contribution in [1.29, 1.82) is 0 Å². The van der Waals surface area contributed by atoms with Crippen molar-refractivity contribution in [3.8, 4) is 0 Å². The van der Waals surface area contributed by atoms with E-state index >= 15 is 0 Å². The zero-order chi connectivity index (χ0) is 14.5. The van der Waals surface area contributed by atoms with E-state index in [0.29, 0.717) is 26.1 Å². The first-order valence-corrected chi connectivity index (χ1v) is 7.24. The summed E-state index contributed by atoms with van der Waals surface area (Å²) in [7, 11) is 3.30. The molecule has 0 radical (unpaired) electrons. The van der Waals surface area contributed by atoms with E-state index in [1.165, 1.54) is 0 Å². The molecule has 0 saturated carbocycles. The molecule has 2 aliphatic rings. The quantitative estimate of drug-likeness (QED) is 0.727. The summed E-state index contributed by atoms with van der Waals surface area (Å²) in [5, 5.41) is 0. The van der Waals surface area contributed by atoms with Crippen LogP contribution in [0.1, 0.15) is 25.7 Å². The minimum absolute atomic E-state index is 0.00171. The molecule has 0 spiro atoms. The summed E-state index contributed by atoms with van der Waals surface area (Å²) in [4.78, 5) is 27.7. The van der Waals surface area contributed by atoms with Crippen molar-refractivity contribution >= 4 is 11.8 Å². The van der Waals surface area contributed by atoms with Crippen LogP contribution in [-0.2, 0) is 19.1 Å². The van der Waals surface area contributed by atoms with Gasteiger partial charge in [-0.15, -0.1) is 0 Å². The maximum Gasteiger partial charge on any atom is 0.242 e. The minimum atomic E-state index is 0.00171. The van der Waals surface area contributed by atoms with Gasteiger partial charge in [0.2, 0.25) is 11.8 Å². The largest absolute Gasteiger partial charge is 0.383 e. The molecule has 2 rings (SSSR count). The lowest BCUT2D eigenvalue weighted by Gasteiger charge is -2.30. The first-order valence-electron chi connectivity index (χ1n) is 7.24. The highest BCUT2D eigenvalue weighted by Gasteiger charge is 2.36. The molecule has 2 atom stereocenters. The number of piperidine rings is 1. The van der Waals surface area contributed by atoms with Gasteiger partial charge in [-0.2, -0.15) is 0 Å². The van der Waals surface area contributed by atoms with Gasteiger partial charge in [-0.1, -0.05) is 0 Å². The van der Waals surface area contributed by atoms with Gasteiger partial charge in [0.25, 0.3) is 0 Å². The summed E-state index contributed by atoms with van der Waals surface area (Å²) in [5.74, 6) is 0.0947. The molecule has 6 nitrogen and oxygen atoms in total. The summed E-state index contributed by atoms with van der Waals surface area (Å²) in [6.07, 6.45) is 3.35. The van der Waals surface area contributed by atoms with E-state index in [4.69, 9.17) is 9.47 Å². The smallest absolute Gasteiger partial charge is 0.242 e. The third-order valence-corrected chi connectivity index (χ3v) is 4.14. The summed E-state index contributed by atoms with van der Waals surface area (Å²) in [5.41, 5.74) is 0. The number of likely N-dealkylation sites (tertiary alicyclic amines) is 2. The molecule has 114 valence electrons. The molecule has 2 aliphatic heterocycles. The number of nitrogens with zero attached hydrogens (tertiary/aromatic N) is 2. The van der Waals surface area contributed by atoms with E-state index in [2.05, 4.69) is 0 Å². The molecule has 0 bridgehead atoms. The number of carbonyl (C=O) groups is 2. The molecule has 0 aromatic heterocycles. The van der Waals surface area contributed by atoms with Gasteiger partial charge in [0, 0.05) is 33.7 Å². The number of rotatable bonds is 5. The van der Waals surface area contributed by atoms with E-state index in [9.17, 15) is 9.59 Å². The second-order valence-electron chi connectivity index (χ2n) is 5.52. The first-order chi connectivity index (χ1) is 9.65. The van der Waals surface area contributed by atoms with Crippen molar-refractivity contribution in [2.24, 2.45) is 0 Å². The lowest BCUT2D eigenvalue weighted by Crippen LogP contribution is -2.47. The van der Waals surface area contributed by atoms with Crippen LogP contribution >= 0.6 is 0 Å². The third-order valence-electron chi connectivity index (χ3n) is 4.14. The van der Waals surface area contributed by atoms with Crippen LogP contribution in [0.2, 0.25) is 0 Å². The summed E-state index contributed by atoms with van der Waals surface area (Å²) in [6.45, 7) is 1.99. The molecule has 0 aliphatic carbocycles. The Labute approximate surface area is 120 Å². The molecule has 20 heavy (non-hydrogen) atoms. The molecule has 2 saturated heterocycles. The predicted octanol–water partition coefficient (Wildman–Crippen LogP) is 0.261. The molecule has 2 fully saturated rings. The molecular weight excluding hydrogens is 260 g/mol. The van der Waals surface area contributed by atoms with Crippen LogP contribution in [-0.4, -0.2) is 74.2 Å². The highest BCUT2D eigenvalue weighted by molar-refractivity contribution is 5.85. The van der Waals surface area contributed by atoms with Crippen molar-refractivity contribution in [2.75, 3.05) is 40.5 Å². The second-order valence-corrected chi connectivity index (χ2v) is 5.52. The zero-order valence-corrected chi connectivity index (χ0v) is 12.3. The number of ether oxygens (including phenoxy) is 2. The standard InChI is InChI=1S/C14H24N2O4/c1-19-10-11-7-12(20-2)8-16(11)14(18)9-15-6-4-3-5-13(15)17/h11-12H,3-10H2,1-2H3/t11-,12-/m0/s1. The minimum Gasteiger partial charge on any atom is -0.383 e. The second kappa shape index (κ2) is 7.04. The predicted molar refractivity (Wildman–Crippen MR) is 73.2 cm³/mol. The van der Waals surface area contributed by atoms with Crippen LogP contribution in [0.5, 0.6) is 0 Å². The lowest BCUT2D eigenvalue weighted by atomic mass is 10.1. The van der Waals surface area contributed by atoms with Crippen LogP contribution in [0.15, 0.2) is 0 Å². The van der Waals surface area contributed by atoms with Crippen LogP contribution in [0.25, 0.3) is 0 Å². The highest BCUT2D eigenvalue weighted by Crippen LogP contribution is 2.21. The third kappa shape index (κ3) is 3.49. The van der Waals surface area contributed by atoms with Crippen LogP contribution < -0.4 is 0 Å². The fraction of sp³-hybridized carbons (Fsp3) is 0.857. The van der Waals surface area contributed by atoms with Gasteiger partial charge in [-0.25, -0.2) is 0 Å².